The zero-order valence-corrected chi connectivity index (χ0v) is 18.0. The Kier molecular flexibility index (Phi) is 32.2. The number of hydrogen-bond acceptors (Lipinski definition) is 1. The van der Waals surface area contributed by atoms with Crippen LogP contribution in [-0.2, 0) is 4.74 Å². The van der Waals surface area contributed by atoms with Gasteiger partial charge >= 0.3 is 37.7 Å². The van der Waals surface area contributed by atoms with Crippen molar-refractivity contribution >= 4 is 37.7 Å². The molecule has 0 amide bonds. The van der Waals surface area contributed by atoms with E-state index < -0.39 is 0 Å². The maximum absolute atomic E-state index is 5.78. The zero-order valence-electron chi connectivity index (χ0n) is 18.0. The predicted octanol–water partition coefficient (Wildman–Crippen LogP) is 7.93. The van der Waals surface area contributed by atoms with Gasteiger partial charge in [-0.2, -0.15) is 0 Å². The van der Waals surface area contributed by atoms with Gasteiger partial charge in [-0.25, -0.2) is 0 Å². The van der Waals surface area contributed by atoms with Gasteiger partial charge in [0.2, 0.25) is 0 Å². The average Bonchev–Trinajstić information content (AvgIpc) is 2.63. The van der Waals surface area contributed by atoms with Crippen molar-refractivity contribution < 1.29 is 4.74 Å². The van der Waals surface area contributed by atoms with Crippen LogP contribution in [0.15, 0.2) is 0 Å². The summed E-state index contributed by atoms with van der Waals surface area (Å²) in [5, 5.41) is 0. The van der Waals surface area contributed by atoms with E-state index in [-0.39, 0.29) is 37.7 Å². The quantitative estimate of drug-likeness (QED) is 0.133. The first-order valence-corrected chi connectivity index (χ1v) is 12.0. The minimum absolute atomic E-state index is 0. The van der Waals surface area contributed by atoms with Gasteiger partial charge in [0, 0.05) is 13.2 Å². The van der Waals surface area contributed by atoms with E-state index in [4.69, 9.17) is 4.74 Å². The molecule has 0 radical (unpaired) electrons. The van der Waals surface area contributed by atoms with E-state index >= 15 is 0 Å². The van der Waals surface area contributed by atoms with Gasteiger partial charge in [-0.3, -0.25) is 0 Å². The third-order valence-corrected chi connectivity index (χ3v) is 5.28. The molecule has 26 heavy (non-hydrogen) atoms. The van der Waals surface area contributed by atoms with Crippen molar-refractivity contribution in [2.75, 3.05) is 13.2 Å². The van der Waals surface area contributed by atoms with Crippen LogP contribution < -0.4 is 0 Å². The summed E-state index contributed by atoms with van der Waals surface area (Å²) in [6, 6.07) is 0. The number of hydrogen-bond donors (Lipinski definition) is 0. The molecular formula is C24H52CaO. The van der Waals surface area contributed by atoms with Crippen LogP contribution in [0.4, 0.5) is 0 Å². The summed E-state index contributed by atoms with van der Waals surface area (Å²) in [7, 11) is 0. The Labute approximate surface area is 196 Å². The molecule has 0 atom stereocenters. The van der Waals surface area contributed by atoms with Crippen molar-refractivity contribution in [2.45, 2.75) is 142 Å². The second-order valence-corrected chi connectivity index (χ2v) is 7.98. The molecule has 0 aliphatic heterocycles. The summed E-state index contributed by atoms with van der Waals surface area (Å²) in [5.74, 6) is 0. The van der Waals surface area contributed by atoms with Crippen molar-refractivity contribution in [3.8, 4) is 0 Å². The monoisotopic (exact) mass is 396 g/mol. The molecule has 0 aromatic heterocycles. The molecule has 0 N–H and O–H groups in total. The van der Waals surface area contributed by atoms with Crippen LogP contribution in [0.2, 0.25) is 0 Å². The van der Waals surface area contributed by atoms with E-state index in [0.717, 1.165) is 13.2 Å². The first-order chi connectivity index (χ1) is 12.4. The molecule has 0 aromatic rings. The summed E-state index contributed by atoms with van der Waals surface area (Å²) < 4.78 is 5.78. The molecule has 156 valence electrons. The van der Waals surface area contributed by atoms with Crippen molar-refractivity contribution in [2.24, 2.45) is 0 Å². The summed E-state index contributed by atoms with van der Waals surface area (Å²) in [5.41, 5.74) is 0. The van der Waals surface area contributed by atoms with Crippen LogP contribution >= 0.6 is 0 Å². The van der Waals surface area contributed by atoms with E-state index in [2.05, 4.69) is 13.8 Å². The van der Waals surface area contributed by atoms with Crippen LogP contribution in [0.1, 0.15) is 142 Å². The van der Waals surface area contributed by atoms with Gasteiger partial charge in [0.1, 0.15) is 0 Å². The molecule has 0 saturated carbocycles. The van der Waals surface area contributed by atoms with E-state index in [9.17, 15) is 0 Å². The van der Waals surface area contributed by atoms with Gasteiger partial charge < -0.3 is 4.74 Å². The Bertz CT molecular complexity index is 198. The Balaban J connectivity index is 0. The second-order valence-electron chi connectivity index (χ2n) is 7.98. The summed E-state index contributed by atoms with van der Waals surface area (Å²) in [6.45, 7) is 6.57. The van der Waals surface area contributed by atoms with Gasteiger partial charge in [0.25, 0.3) is 0 Å². The third kappa shape index (κ3) is 27.4. The van der Waals surface area contributed by atoms with Crippen LogP contribution in [0.5, 0.6) is 0 Å². The molecule has 0 unspecified atom stereocenters. The van der Waals surface area contributed by atoms with Crippen molar-refractivity contribution in [1.29, 1.82) is 0 Å². The molecule has 0 heterocycles. The van der Waals surface area contributed by atoms with Gasteiger partial charge in [-0.1, -0.05) is 129 Å². The molecule has 1 nitrogen and oxygen atoms in total. The van der Waals surface area contributed by atoms with Gasteiger partial charge in [0.15, 0.2) is 0 Å². The number of ether oxygens (including phenoxy) is 1. The van der Waals surface area contributed by atoms with E-state index in [0.29, 0.717) is 0 Å². The molecule has 2 heteroatoms. The molecule has 0 bridgehead atoms. The van der Waals surface area contributed by atoms with Crippen LogP contribution in [0, 0.1) is 0 Å². The fourth-order valence-corrected chi connectivity index (χ4v) is 3.49. The maximum atomic E-state index is 5.78. The number of unbranched alkanes of at least 4 members (excludes halogenated alkanes) is 18. The van der Waals surface area contributed by atoms with Gasteiger partial charge in [-0.05, 0) is 12.8 Å². The molecule has 0 fully saturated rings. The average molecular weight is 397 g/mol. The molecule has 0 aromatic carbocycles. The van der Waals surface area contributed by atoms with Gasteiger partial charge in [0.05, 0.1) is 0 Å². The summed E-state index contributed by atoms with van der Waals surface area (Å²) >= 11 is 0. The summed E-state index contributed by atoms with van der Waals surface area (Å²) in [6.07, 6.45) is 28.2. The molecule has 0 aliphatic rings. The van der Waals surface area contributed by atoms with Crippen molar-refractivity contribution in [3.63, 3.8) is 0 Å². The molecule has 0 spiro atoms. The van der Waals surface area contributed by atoms with Crippen LogP contribution in [0.25, 0.3) is 0 Å². The van der Waals surface area contributed by atoms with E-state index in [1.54, 1.807) is 0 Å². The normalized spacial score (nSPS) is 10.8. The minimum atomic E-state index is 0. The van der Waals surface area contributed by atoms with Crippen LogP contribution in [0.3, 0.4) is 0 Å². The zero-order chi connectivity index (χ0) is 18.3. The molecular weight excluding hydrogens is 344 g/mol. The second kappa shape index (κ2) is 28.4. The molecule has 0 saturated heterocycles. The summed E-state index contributed by atoms with van der Waals surface area (Å²) in [4.78, 5) is 0. The first kappa shape index (κ1) is 29.4. The number of rotatable bonds is 22. The molecule has 0 rings (SSSR count). The Morgan fingerprint density at radius 3 is 0.846 bits per heavy atom. The van der Waals surface area contributed by atoms with E-state index in [1.807, 2.05) is 0 Å². The Morgan fingerprint density at radius 1 is 0.346 bits per heavy atom. The topological polar surface area (TPSA) is 9.23 Å². The predicted molar refractivity (Wildman–Crippen MR) is 123 cm³/mol. The van der Waals surface area contributed by atoms with Crippen molar-refractivity contribution in [1.82, 2.24) is 0 Å². The van der Waals surface area contributed by atoms with Gasteiger partial charge in [-0.15, -0.1) is 0 Å². The SMILES string of the molecule is CCCCCCCCCCCCOCCCCCCCCCCCC.[CaH2]. The Morgan fingerprint density at radius 2 is 0.577 bits per heavy atom. The van der Waals surface area contributed by atoms with Crippen molar-refractivity contribution in [3.05, 3.63) is 0 Å². The Hall–Kier alpha value is 1.22. The fourth-order valence-electron chi connectivity index (χ4n) is 3.49. The third-order valence-electron chi connectivity index (χ3n) is 5.28. The van der Waals surface area contributed by atoms with Crippen LogP contribution in [-0.4, -0.2) is 51.0 Å². The molecule has 0 aliphatic carbocycles. The first-order valence-electron chi connectivity index (χ1n) is 12.0. The standard InChI is InChI=1S/C24H50O.Ca.2H/c1-3-5-7-9-11-13-15-17-19-21-23-25-24-22-20-18-16-14-12-10-8-6-4-2;;;/h3-24H2,1-2H3;;;. The van der Waals surface area contributed by atoms with E-state index in [1.165, 1.54) is 128 Å². The fraction of sp³-hybridized carbons (Fsp3) is 1.00.